The minimum Gasteiger partial charge on any atom is -0.396 e. The highest BCUT2D eigenvalue weighted by Gasteiger charge is 2.51. The lowest BCUT2D eigenvalue weighted by Gasteiger charge is -2.48. The number of aliphatic hydroxyl groups excluding tert-OH is 1. The molecule has 1 N–H and O–H groups in total. The van der Waals surface area contributed by atoms with Crippen molar-refractivity contribution >= 4 is 0 Å². The van der Waals surface area contributed by atoms with E-state index in [1.54, 1.807) is 5.57 Å². The first-order valence-corrected chi connectivity index (χ1v) is 13.2. The Labute approximate surface area is 187 Å². The fraction of sp³-hybridized carbons (Fsp3) is 0.862. The van der Waals surface area contributed by atoms with Gasteiger partial charge in [0, 0.05) is 6.61 Å². The van der Waals surface area contributed by atoms with E-state index < -0.39 is 0 Å². The van der Waals surface area contributed by atoms with Gasteiger partial charge in [-0.25, -0.2) is 0 Å². The Balaban J connectivity index is 1.77. The maximum atomic E-state index is 10.0. The van der Waals surface area contributed by atoms with Crippen LogP contribution in [0.1, 0.15) is 106 Å². The smallest absolute Gasteiger partial charge is 0.0436 e. The van der Waals surface area contributed by atoms with Crippen molar-refractivity contribution < 1.29 is 5.11 Å². The molecule has 0 spiro atoms. The van der Waals surface area contributed by atoms with Crippen molar-refractivity contribution in [1.29, 1.82) is 0 Å². The van der Waals surface area contributed by atoms with Crippen LogP contribution >= 0.6 is 0 Å². The van der Waals surface area contributed by atoms with Gasteiger partial charge >= 0.3 is 0 Å². The lowest BCUT2D eigenvalue weighted by molar-refractivity contribution is 0.0376. The topological polar surface area (TPSA) is 20.2 Å². The van der Waals surface area contributed by atoms with Gasteiger partial charge in [0.25, 0.3) is 0 Å². The molecule has 0 radical (unpaired) electrons. The van der Waals surface area contributed by atoms with Crippen LogP contribution in [0.2, 0.25) is 0 Å². The Kier molecular flexibility index (Phi) is 7.97. The maximum Gasteiger partial charge on any atom is 0.0436 e. The van der Waals surface area contributed by atoms with E-state index in [1.165, 1.54) is 57.8 Å². The number of fused-ring (bicyclic) bond motifs is 1. The fourth-order valence-electron chi connectivity index (χ4n) is 7.96. The molecule has 1 nitrogen and oxygen atoms in total. The minimum atomic E-state index is 0.277. The number of aliphatic hydroxyl groups is 1. The molecule has 0 amide bonds. The average molecular weight is 415 g/mol. The highest BCUT2D eigenvalue weighted by molar-refractivity contribution is 5.20. The van der Waals surface area contributed by atoms with Gasteiger partial charge in [0.1, 0.15) is 0 Å². The molecule has 0 aromatic carbocycles. The summed E-state index contributed by atoms with van der Waals surface area (Å²) in [7, 11) is 0. The predicted molar refractivity (Wildman–Crippen MR) is 130 cm³/mol. The molecule has 7 atom stereocenters. The molecule has 172 valence electrons. The molecule has 3 aliphatic carbocycles. The van der Waals surface area contributed by atoms with Crippen molar-refractivity contribution in [3.05, 3.63) is 23.8 Å². The standard InChI is InChI=1S/C29H50O/c1-7-23(21(2)3)12-11-22(4)26-15-16-27(29(26,6)18-19-30)24-13-14-25-10-8-9-17-28(25,5)20-24/h11-12,14,21-24,26-27,30H,7-10,13,15-20H2,1-6H3/b12-11+. The van der Waals surface area contributed by atoms with Crippen LogP contribution in [0.25, 0.3) is 0 Å². The van der Waals surface area contributed by atoms with Crippen LogP contribution in [-0.4, -0.2) is 11.7 Å². The maximum absolute atomic E-state index is 10.0. The van der Waals surface area contributed by atoms with Crippen LogP contribution in [0.3, 0.4) is 0 Å². The van der Waals surface area contributed by atoms with Gasteiger partial charge in [-0.3, -0.25) is 0 Å². The fourth-order valence-corrected chi connectivity index (χ4v) is 7.96. The molecule has 1 heteroatoms. The third kappa shape index (κ3) is 4.77. The number of allylic oxidation sites excluding steroid dienone is 4. The average Bonchev–Trinajstić information content (AvgIpc) is 3.04. The summed E-state index contributed by atoms with van der Waals surface area (Å²) in [6.45, 7) is 14.9. The molecule has 0 saturated heterocycles. The predicted octanol–water partition coefficient (Wildman–Crippen LogP) is 8.19. The van der Waals surface area contributed by atoms with Gasteiger partial charge in [0.2, 0.25) is 0 Å². The minimum absolute atomic E-state index is 0.277. The van der Waals surface area contributed by atoms with E-state index >= 15 is 0 Å². The quantitative estimate of drug-likeness (QED) is 0.397. The Morgan fingerprint density at radius 1 is 1.13 bits per heavy atom. The summed E-state index contributed by atoms with van der Waals surface area (Å²) in [4.78, 5) is 0. The third-order valence-electron chi connectivity index (χ3n) is 9.91. The van der Waals surface area contributed by atoms with Crippen LogP contribution in [0.4, 0.5) is 0 Å². The SMILES string of the molecule is CCC(/C=C/C(C)C1CCC(C2CC=C3CCCCC3(C)C2)C1(C)CCO)C(C)C. The first-order chi connectivity index (χ1) is 14.2. The lowest BCUT2D eigenvalue weighted by atomic mass is 9.57. The molecule has 0 aromatic heterocycles. The van der Waals surface area contributed by atoms with E-state index in [2.05, 4.69) is 59.8 Å². The van der Waals surface area contributed by atoms with E-state index in [1.807, 2.05) is 0 Å². The van der Waals surface area contributed by atoms with E-state index in [0.717, 1.165) is 24.2 Å². The second-order valence-electron chi connectivity index (χ2n) is 12.0. The molecule has 0 aliphatic heterocycles. The zero-order chi connectivity index (χ0) is 21.9. The Morgan fingerprint density at radius 3 is 2.57 bits per heavy atom. The van der Waals surface area contributed by atoms with Crippen molar-refractivity contribution in [2.45, 2.75) is 106 Å². The summed E-state index contributed by atoms with van der Waals surface area (Å²) in [5.74, 6) is 4.32. The van der Waals surface area contributed by atoms with Crippen molar-refractivity contribution in [2.24, 2.45) is 46.3 Å². The zero-order valence-electron chi connectivity index (χ0n) is 20.9. The summed E-state index contributed by atoms with van der Waals surface area (Å²) < 4.78 is 0. The molecule has 7 unspecified atom stereocenters. The summed E-state index contributed by atoms with van der Waals surface area (Å²) in [6.07, 6.45) is 20.9. The highest BCUT2D eigenvalue weighted by Crippen LogP contribution is 2.60. The first kappa shape index (κ1) is 24.1. The summed E-state index contributed by atoms with van der Waals surface area (Å²) >= 11 is 0. The molecule has 3 rings (SSSR count). The second-order valence-corrected chi connectivity index (χ2v) is 12.0. The van der Waals surface area contributed by atoms with Crippen LogP contribution in [0.5, 0.6) is 0 Å². The largest absolute Gasteiger partial charge is 0.396 e. The molecule has 2 fully saturated rings. The lowest BCUT2D eigenvalue weighted by Crippen LogP contribution is -2.40. The Hall–Kier alpha value is -0.560. The summed E-state index contributed by atoms with van der Waals surface area (Å²) in [5.41, 5.74) is 2.52. The Bertz CT molecular complexity index is 616. The van der Waals surface area contributed by atoms with Crippen LogP contribution in [0.15, 0.2) is 23.8 Å². The van der Waals surface area contributed by atoms with E-state index in [-0.39, 0.29) is 5.41 Å². The summed E-state index contributed by atoms with van der Waals surface area (Å²) in [6, 6.07) is 0. The number of rotatable bonds is 8. The van der Waals surface area contributed by atoms with E-state index in [4.69, 9.17) is 0 Å². The van der Waals surface area contributed by atoms with Gasteiger partial charge in [-0.2, -0.15) is 0 Å². The van der Waals surface area contributed by atoms with Gasteiger partial charge in [0.05, 0.1) is 0 Å². The van der Waals surface area contributed by atoms with E-state index in [0.29, 0.717) is 29.8 Å². The molecule has 3 aliphatic rings. The highest BCUT2D eigenvalue weighted by atomic mass is 16.3. The van der Waals surface area contributed by atoms with Crippen molar-refractivity contribution in [2.75, 3.05) is 6.61 Å². The second kappa shape index (κ2) is 9.93. The number of hydrogen-bond acceptors (Lipinski definition) is 1. The monoisotopic (exact) mass is 414 g/mol. The normalized spacial score (nSPS) is 39.2. The molecule has 30 heavy (non-hydrogen) atoms. The van der Waals surface area contributed by atoms with Crippen molar-refractivity contribution in [3.8, 4) is 0 Å². The third-order valence-corrected chi connectivity index (χ3v) is 9.91. The zero-order valence-corrected chi connectivity index (χ0v) is 20.9. The van der Waals surface area contributed by atoms with Crippen LogP contribution in [0, 0.1) is 46.3 Å². The first-order valence-electron chi connectivity index (χ1n) is 13.2. The molecule has 2 saturated carbocycles. The van der Waals surface area contributed by atoms with Gasteiger partial charge in [-0.1, -0.05) is 71.8 Å². The van der Waals surface area contributed by atoms with Gasteiger partial charge < -0.3 is 5.11 Å². The van der Waals surface area contributed by atoms with Crippen LogP contribution in [-0.2, 0) is 0 Å². The molecular formula is C29H50O. The van der Waals surface area contributed by atoms with Gasteiger partial charge in [-0.05, 0) is 104 Å². The molecule has 0 bridgehead atoms. The Morgan fingerprint density at radius 2 is 1.90 bits per heavy atom. The van der Waals surface area contributed by atoms with Crippen molar-refractivity contribution in [1.82, 2.24) is 0 Å². The van der Waals surface area contributed by atoms with Crippen molar-refractivity contribution in [3.63, 3.8) is 0 Å². The van der Waals surface area contributed by atoms with Crippen LogP contribution < -0.4 is 0 Å². The van der Waals surface area contributed by atoms with E-state index in [9.17, 15) is 5.11 Å². The van der Waals surface area contributed by atoms with Gasteiger partial charge in [0.15, 0.2) is 0 Å². The molecule has 0 heterocycles. The summed E-state index contributed by atoms with van der Waals surface area (Å²) in [5, 5.41) is 10.0. The molecular weight excluding hydrogens is 364 g/mol. The van der Waals surface area contributed by atoms with Gasteiger partial charge in [-0.15, -0.1) is 0 Å². The molecule has 0 aromatic rings. The number of hydrogen-bond donors (Lipinski definition) is 1.